The van der Waals surface area contributed by atoms with Gasteiger partial charge >= 0.3 is 0 Å². The van der Waals surface area contributed by atoms with E-state index in [1.807, 2.05) is 22.8 Å². The number of aromatic nitrogens is 2. The molecule has 3 aromatic rings. The highest BCUT2D eigenvalue weighted by atomic mass is 32.2. The molecule has 4 nitrogen and oxygen atoms in total. The molecule has 1 aliphatic rings. The molecule has 1 atom stereocenters. The Labute approximate surface area is 186 Å². The minimum atomic E-state index is 0.0641. The Morgan fingerprint density at radius 3 is 2.83 bits per heavy atom. The molecule has 1 aliphatic heterocycles. The van der Waals surface area contributed by atoms with Crippen LogP contribution in [0.5, 0.6) is 0 Å². The summed E-state index contributed by atoms with van der Waals surface area (Å²) in [5, 5.41) is 1.60. The molecule has 0 fully saturated rings. The number of rotatable bonds is 7. The Morgan fingerprint density at radius 1 is 1.30 bits per heavy atom. The van der Waals surface area contributed by atoms with Crippen molar-refractivity contribution in [2.24, 2.45) is 5.92 Å². The highest BCUT2D eigenvalue weighted by Crippen LogP contribution is 2.36. The van der Waals surface area contributed by atoms with Crippen molar-refractivity contribution in [2.45, 2.75) is 71.2 Å². The van der Waals surface area contributed by atoms with Gasteiger partial charge in [0.1, 0.15) is 4.83 Å². The lowest BCUT2D eigenvalue weighted by molar-refractivity contribution is 0.00200. The average molecular weight is 443 g/mol. The highest BCUT2D eigenvalue weighted by Gasteiger charge is 2.28. The molecule has 0 aliphatic carbocycles. The molecular weight excluding hydrogens is 412 g/mol. The predicted octanol–water partition coefficient (Wildman–Crippen LogP) is 6.14. The maximum Gasteiger partial charge on any atom is 0.267 e. The Balaban J connectivity index is 1.87. The van der Waals surface area contributed by atoms with E-state index in [1.54, 1.807) is 23.1 Å². The van der Waals surface area contributed by atoms with Gasteiger partial charge < -0.3 is 4.74 Å². The van der Waals surface area contributed by atoms with Crippen molar-refractivity contribution >= 4 is 33.3 Å². The summed E-state index contributed by atoms with van der Waals surface area (Å²) in [5.74, 6) is 1.40. The van der Waals surface area contributed by atoms with E-state index in [9.17, 15) is 4.79 Å². The first-order valence-electron chi connectivity index (χ1n) is 10.9. The van der Waals surface area contributed by atoms with Crippen LogP contribution in [-0.4, -0.2) is 21.4 Å². The Bertz CT molecular complexity index is 1100. The Kier molecular flexibility index (Phi) is 6.66. The van der Waals surface area contributed by atoms with E-state index in [4.69, 9.17) is 9.72 Å². The van der Waals surface area contributed by atoms with Crippen LogP contribution in [0.25, 0.3) is 15.9 Å². The Hall–Kier alpha value is -1.63. The van der Waals surface area contributed by atoms with E-state index in [0.29, 0.717) is 12.5 Å². The molecule has 160 valence electrons. The van der Waals surface area contributed by atoms with Crippen LogP contribution in [0, 0.1) is 12.8 Å². The molecule has 0 saturated carbocycles. The third-order valence-electron chi connectivity index (χ3n) is 5.79. The minimum Gasteiger partial charge on any atom is -0.372 e. The minimum absolute atomic E-state index is 0.0641. The van der Waals surface area contributed by atoms with Crippen LogP contribution >= 0.6 is 23.1 Å². The summed E-state index contributed by atoms with van der Waals surface area (Å²) in [7, 11) is 0. The smallest absolute Gasteiger partial charge is 0.267 e. The van der Waals surface area contributed by atoms with Crippen LogP contribution in [0.15, 0.2) is 34.2 Å². The lowest BCUT2D eigenvalue weighted by Gasteiger charge is -2.26. The van der Waals surface area contributed by atoms with Crippen LogP contribution in [0.4, 0.5) is 0 Å². The molecular formula is C24H30N2O2S2. The first-order valence-corrected chi connectivity index (χ1v) is 12.7. The maximum absolute atomic E-state index is 13.9. The van der Waals surface area contributed by atoms with E-state index >= 15 is 0 Å². The Morgan fingerprint density at radius 2 is 2.10 bits per heavy atom. The molecule has 2 aromatic heterocycles. The third kappa shape index (κ3) is 4.10. The number of thiophene rings is 1. The summed E-state index contributed by atoms with van der Waals surface area (Å²) in [4.78, 5) is 20.9. The van der Waals surface area contributed by atoms with Gasteiger partial charge in [0.05, 0.1) is 23.8 Å². The molecule has 0 unspecified atom stereocenters. The third-order valence-corrected chi connectivity index (χ3v) is 7.91. The number of para-hydroxylation sites is 1. The fourth-order valence-electron chi connectivity index (χ4n) is 3.98. The van der Waals surface area contributed by atoms with Crippen LogP contribution in [0.1, 0.15) is 56.0 Å². The number of ether oxygens (including phenoxy) is 1. The van der Waals surface area contributed by atoms with Crippen LogP contribution in [0.2, 0.25) is 0 Å². The molecule has 0 N–H and O–H groups in total. The van der Waals surface area contributed by atoms with Crippen molar-refractivity contribution in [2.75, 3.05) is 5.75 Å². The van der Waals surface area contributed by atoms with Crippen molar-refractivity contribution in [1.82, 2.24) is 9.55 Å². The van der Waals surface area contributed by atoms with Gasteiger partial charge in [-0.3, -0.25) is 9.36 Å². The van der Waals surface area contributed by atoms with Gasteiger partial charge in [-0.2, -0.15) is 0 Å². The zero-order valence-electron chi connectivity index (χ0n) is 18.2. The number of benzene rings is 1. The molecule has 4 rings (SSSR count). The van der Waals surface area contributed by atoms with Gasteiger partial charge in [-0.15, -0.1) is 11.3 Å². The highest BCUT2D eigenvalue weighted by molar-refractivity contribution is 7.99. The van der Waals surface area contributed by atoms with E-state index in [1.165, 1.54) is 12.8 Å². The molecule has 3 heterocycles. The summed E-state index contributed by atoms with van der Waals surface area (Å²) in [6, 6.07) is 8.10. The van der Waals surface area contributed by atoms with Crippen LogP contribution in [-0.2, 0) is 17.8 Å². The molecule has 0 amide bonds. The fraction of sp³-hybridized carbons (Fsp3) is 0.500. The second-order valence-electron chi connectivity index (χ2n) is 8.36. The van der Waals surface area contributed by atoms with Crippen molar-refractivity contribution in [1.29, 1.82) is 0 Å². The van der Waals surface area contributed by atoms with Gasteiger partial charge in [-0.25, -0.2) is 4.98 Å². The number of aryl methyl sites for hydroxylation is 1. The summed E-state index contributed by atoms with van der Waals surface area (Å²) in [6.07, 6.45) is 4.47. The van der Waals surface area contributed by atoms with E-state index < -0.39 is 0 Å². The second kappa shape index (κ2) is 9.25. The molecule has 30 heavy (non-hydrogen) atoms. The van der Waals surface area contributed by atoms with E-state index in [-0.39, 0.29) is 11.7 Å². The van der Waals surface area contributed by atoms with E-state index in [2.05, 4.69) is 33.8 Å². The topological polar surface area (TPSA) is 44.1 Å². The van der Waals surface area contributed by atoms with E-state index in [0.717, 1.165) is 55.7 Å². The molecule has 0 bridgehead atoms. The average Bonchev–Trinajstić information content (AvgIpc) is 3.10. The van der Waals surface area contributed by atoms with Gasteiger partial charge in [0.25, 0.3) is 5.56 Å². The fourth-order valence-corrected chi connectivity index (χ4v) is 6.14. The van der Waals surface area contributed by atoms with Gasteiger partial charge in [0.2, 0.25) is 0 Å². The summed E-state index contributed by atoms with van der Waals surface area (Å²) < 4.78 is 7.91. The number of nitrogens with zero attached hydrogens (tertiary/aromatic N) is 2. The lowest BCUT2D eigenvalue weighted by Crippen LogP contribution is -2.28. The van der Waals surface area contributed by atoms with Gasteiger partial charge in [-0.05, 0) is 36.5 Å². The zero-order valence-corrected chi connectivity index (χ0v) is 19.9. The van der Waals surface area contributed by atoms with Crippen molar-refractivity contribution in [3.63, 3.8) is 0 Å². The lowest BCUT2D eigenvalue weighted by atomic mass is 9.96. The van der Waals surface area contributed by atoms with Crippen molar-refractivity contribution in [3.8, 4) is 5.69 Å². The number of thioether (sulfide) groups is 1. The van der Waals surface area contributed by atoms with Gasteiger partial charge in [-0.1, -0.05) is 63.6 Å². The number of fused-ring (bicyclic) bond motifs is 3. The number of hydrogen-bond acceptors (Lipinski definition) is 5. The predicted molar refractivity (Wildman–Crippen MR) is 127 cm³/mol. The molecule has 6 heteroatoms. The van der Waals surface area contributed by atoms with Gasteiger partial charge in [0, 0.05) is 17.1 Å². The first kappa shape index (κ1) is 21.6. The molecule has 0 spiro atoms. The van der Waals surface area contributed by atoms with Crippen LogP contribution in [0.3, 0.4) is 0 Å². The van der Waals surface area contributed by atoms with Gasteiger partial charge in [0.15, 0.2) is 5.16 Å². The number of hydrogen-bond donors (Lipinski definition) is 0. The standard InChI is InChI=1S/C24H30N2O2S2/c1-5-6-9-12-29-24-25-22-21(17-13-19(15(2)3)28-14-20(17)30-22)23(27)26(24)18-11-8-7-10-16(18)4/h7-8,10-11,15,19H,5-6,9,12-14H2,1-4H3/t19-/m1/s1. The zero-order chi connectivity index (χ0) is 21.3. The normalized spacial score (nSPS) is 16.4. The summed E-state index contributed by atoms with van der Waals surface area (Å²) in [5.41, 5.74) is 3.24. The summed E-state index contributed by atoms with van der Waals surface area (Å²) >= 11 is 3.33. The second-order valence-corrected chi connectivity index (χ2v) is 10.5. The monoisotopic (exact) mass is 442 g/mol. The van der Waals surface area contributed by atoms with Crippen molar-refractivity contribution in [3.05, 3.63) is 50.6 Å². The molecule has 0 radical (unpaired) electrons. The SMILES string of the molecule is CCCCCSc1nc2sc3c(c2c(=O)n1-c1ccccc1C)C[C@H](C(C)C)OC3. The number of unbranched alkanes of at least 4 members (excludes halogenated alkanes) is 2. The molecule has 0 saturated heterocycles. The van der Waals surface area contributed by atoms with Crippen molar-refractivity contribution < 1.29 is 4.74 Å². The maximum atomic E-state index is 13.9. The first-order chi connectivity index (χ1) is 14.5. The quantitative estimate of drug-likeness (QED) is 0.251. The largest absolute Gasteiger partial charge is 0.372 e. The summed E-state index contributed by atoms with van der Waals surface area (Å²) in [6.45, 7) is 9.21. The molecule has 1 aromatic carbocycles. The van der Waals surface area contributed by atoms with Crippen LogP contribution < -0.4 is 5.56 Å².